The van der Waals surface area contributed by atoms with Crippen LogP contribution in [0.3, 0.4) is 0 Å². The first-order chi connectivity index (χ1) is 9.61. The Hall–Kier alpha value is -2.56. The van der Waals surface area contributed by atoms with Crippen LogP contribution in [-0.2, 0) is 11.3 Å². The number of nitrogens with two attached hydrogens (primary N) is 1. The summed E-state index contributed by atoms with van der Waals surface area (Å²) in [4.78, 5) is 16.2. The number of carbonyl (C=O) groups excluding carboxylic acids is 1. The molecule has 1 heterocycles. The van der Waals surface area contributed by atoms with E-state index >= 15 is 0 Å². The first kappa shape index (κ1) is 13.9. The van der Waals surface area contributed by atoms with Crippen molar-refractivity contribution in [2.24, 2.45) is 0 Å². The lowest BCUT2D eigenvalue weighted by atomic mass is 10.2. The SMILES string of the molecule is COc1cc(N)ccc1C(=O)OCc1ncccc1C. The zero-order valence-electron chi connectivity index (χ0n) is 11.4. The third-order valence-corrected chi connectivity index (χ3v) is 2.90. The molecule has 0 spiro atoms. The van der Waals surface area contributed by atoms with Gasteiger partial charge < -0.3 is 15.2 Å². The number of pyridine rings is 1. The van der Waals surface area contributed by atoms with Crippen molar-refractivity contribution in [1.29, 1.82) is 0 Å². The van der Waals surface area contributed by atoms with Gasteiger partial charge in [-0.15, -0.1) is 0 Å². The highest BCUT2D eigenvalue weighted by atomic mass is 16.5. The van der Waals surface area contributed by atoms with Crippen LogP contribution in [0.15, 0.2) is 36.5 Å². The Balaban J connectivity index is 2.11. The summed E-state index contributed by atoms with van der Waals surface area (Å²) in [7, 11) is 1.48. The maximum Gasteiger partial charge on any atom is 0.342 e. The van der Waals surface area contributed by atoms with Crippen molar-refractivity contribution >= 4 is 11.7 Å². The third kappa shape index (κ3) is 3.06. The fraction of sp³-hybridized carbons (Fsp3) is 0.200. The minimum absolute atomic E-state index is 0.124. The number of aromatic nitrogens is 1. The number of rotatable bonds is 4. The maximum absolute atomic E-state index is 12.0. The van der Waals surface area contributed by atoms with Crippen molar-refractivity contribution in [3.05, 3.63) is 53.3 Å². The van der Waals surface area contributed by atoms with Gasteiger partial charge in [0.1, 0.15) is 17.9 Å². The minimum atomic E-state index is -0.466. The molecule has 0 aliphatic heterocycles. The number of esters is 1. The van der Waals surface area contributed by atoms with Crippen LogP contribution in [0.2, 0.25) is 0 Å². The van der Waals surface area contributed by atoms with E-state index in [9.17, 15) is 4.79 Å². The second-order valence-electron chi connectivity index (χ2n) is 4.30. The molecule has 0 aliphatic carbocycles. The highest BCUT2D eigenvalue weighted by molar-refractivity contribution is 5.93. The summed E-state index contributed by atoms with van der Waals surface area (Å²) in [6.07, 6.45) is 1.67. The number of nitrogen functional groups attached to an aromatic ring is 1. The monoisotopic (exact) mass is 272 g/mol. The predicted molar refractivity (Wildman–Crippen MR) is 75.5 cm³/mol. The van der Waals surface area contributed by atoms with E-state index < -0.39 is 5.97 Å². The summed E-state index contributed by atoms with van der Waals surface area (Å²) >= 11 is 0. The van der Waals surface area contributed by atoms with Gasteiger partial charge in [0.05, 0.1) is 12.8 Å². The topological polar surface area (TPSA) is 74.4 Å². The van der Waals surface area contributed by atoms with Crippen molar-refractivity contribution in [1.82, 2.24) is 4.98 Å². The van der Waals surface area contributed by atoms with Gasteiger partial charge in [0.15, 0.2) is 0 Å². The molecular weight excluding hydrogens is 256 g/mol. The van der Waals surface area contributed by atoms with Gasteiger partial charge in [0, 0.05) is 18.0 Å². The number of hydrogen-bond donors (Lipinski definition) is 1. The Morgan fingerprint density at radius 3 is 2.85 bits per heavy atom. The Kier molecular flexibility index (Phi) is 4.20. The summed E-state index contributed by atoms with van der Waals surface area (Å²) in [6, 6.07) is 8.55. The van der Waals surface area contributed by atoms with Crippen molar-refractivity contribution in [3.8, 4) is 5.75 Å². The molecule has 0 bridgehead atoms. The molecule has 104 valence electrons. The van der Waals surface area contributed by atoms with Gasteiger partial charge in [-0.05, 0) is 30.7 Å². The van der Waals surface area contributed by atoms with Gasteiger partial charge >= 0.3 is 5.97 Å². The van der Waals surface area contributed by atoms with Crippen molar-refractivity contribution in [2.45, 2.75) is 13.5 Å². The minimum Gasteiger partial charge on any atom is -0.496 e. The number of benzene rings is 1. The lowest BCUT2D eigenvalue weighted by Crippen LogP contribution is -2.09. The molecular formula is C15H16N2O3. The molecule has 20 heavy (non-hydrogen) atoms. The fourth-order valence-corrected chi connectivity index (χ4v) is 1.76. The number of nitrogens with zero attached hydrogens (tertiary/aromatic N) is 1. The number of anilines is 1. The molecule has 0 radical (unpaired) electrons. The summed E-state index contributed by atoms with van der Waals surface area (Å²) < 4.78 is 10.4. The van der Waals surface area contributed by atoms with Crippen LogP contribution in [0.4, 0.5) is 5.69 Å². The highest BCUT2D eigenvalue weighted by Gasteiger charge is 2.14. The van der Waals surface area contributed by atoms with E-state index in [4.69, 9.17) is 15.2 Å². The zero-order valence-corrected chi connectivity index (χ0v) is 11.4. The molecule has 0 unspecified atom stereocenters. The summed E-state index contributed by atoms with van der Waals surface area (Å²) in [5.74, 6) is -0.0698. The molecule has 0 saturated carbocycles. The van der Waals surface area contributed by atoms with Crippen LogP contribution in [0.5, 0.6) is 5.75 Å². The Morgan fingerprint density at radius 1 is 1.35 bits per heavy atom. The van der Waals surface area contributed by atoms with Gasteiger partial charge in [-0.25, -0.2) is 4.79 Å². The standard InChI is InChI=1S/C15H16N2O3/c1-10-4-3-7-17-13(10)9-20-15(18)12-6-5-11(16)8-14(12)19-2/h3-8H,9,16H2,1-2H3. The molecule has 0 aliphatic rings. The van der Waals surface area contributed by atoms with E-state index in [2.05, 4.69) is 4.98 Å². The van der Waals surface area contributed by atoms with E-state index in [1.807, 2.05) is 19.1 Å². The summed E-state index contributed by atoms with van der Waals surface area (Å²) in [6.45, 7) is 2.04. The Labute approximate surface area is 117 Å². The van der Waals surface area contributed by atoms with Crippen LogP contribution >= 0.6 is 0 Å². The maximum atomic E-state index is 12.0. The van der Waals surface area contributed by atoms with E-state index in [0.717, 1.165) is 11.3 Å². The van der Waals surface area contributed by atoms with Crippen molar-refractivity contribution in [2.75, 3.05) is 12.8 Å². The molecule has 0 amide bonds. The van der Waals surface area contributed by atoms with Crippen LogP contribution < -0.4 is 10.5 Å². The van der Waals surface area contributed by atoms with E-state index in [-0.39, 0.29) is 6.61 Å². The molecule has 0 atom stereocenters. The number of ether oxygens (including phenoxy) is 2. The molecule has 0 fully saturated rings. The highest BCUT2D eigenvalue weighted by Crippen LogP contribution is 2.22. The van der Waals surface area contributed by atoms with Gasteiger partial charge in [-0.3, -0.25) is 4.98 Å². The largest absolute Gasteiger partial charge is 0.496 e. The van der Waals surface area contributed by atoms with Crippen LogP contribution in [0.25, 0.3) is 0 Å². The second kappa shape index (κ2) is 6.06. The van der Waals surface area contributed by atoms with Gasteiger partial charge in [0.2, 0.25) is 0 Å². The lowest BCUT2D eigenvalue weighted by molar-refractivity contribution is 0.0463. The molecule has 1 aromatic heterocycles. The molecule has 0 saturated heterocycles. The lowest BCUT2D eigenvalue weighted by Gasteiger charge is -2.10. The third-order valence-electron chi connectivity index (χ3n) is 2.90. The Morgan fingerprint density at radius 2 is 2.15 bits per heavy atom. The molecule has 1 aromatic carbocycles. The number of methoxy groups -OCH3 is 1. The first-order valence-electron chi connectivity index (χ1n) is 6.13. The normalized spacial score (nSPS) is 10.1. The Bertz CT molecular complexity index is 626. The average molecular weight is 272 g/mol. The number of hydrogen-bond acceptors (Lipinski definition) is 5. The molecule has 2 aromatic rings. The smallest absolute Gasteiger partial charge is 0.342 e. The van der Waals surface area contributed by atoms with E-state index in [1.165, 1.54) is 7.11 Å². The van der Waals surface area contributed by atoms with Crippen LogP contribution in [-0.4, -0.2) is 18.1 Å². The average Bonchev–Trinajstić information content (AvgIpc) is 2.46. The fourth-order valence-electron chi connectivity index (χ4n) is 1.76. The van der Waals surface area contributed by atoms with E-state index in [1.54, 1.807) is 24.4 Å². The second-order valence-corrected chi connectivity index (χ2v) is 4.30. The van der Waals surface area contributed by atoms with Crippen LogP contribution in [0, 0.1) is 6.92 Å². The molecule has 2 rings (SSSR count). The van der Waals surface area contributed by atoms with Crippen molar-refractivity contribution < 1.29 is 14.3 Å². The predicted octanol–water partition coefficient (Wildman–Crippen LogP) is 2.34. The summed E-state index contributed by atoms with van der Waals surface area (Å²) in [5, 5.41) is 0. The van der Waals surface area contributed by atoms with Gasteiger partial charge in [-0.2, -0.15) is 0 Å². The molecule has 5 nitrogen and oxygen atoms in total. The zero-order chi connectivity index (χ0) is 14.5. The summed E-state index contributed by atoms with van der Waals surface area (Å²) in [5.41, 5.74) is 8.22. The van der Waals surface area contributed by atoms with Crippen LogP contribution in [0.1, 0.15) is 21.6 Å². The molecule has 5 heteroatoms. The van der Waals surface area contributed by atoms with Gasteiger partial charge in [0.25, 0.3) is 0 Å². The number of aryl methyl sites for hydroxylation is 1. The first-order valence-corrected chi connectivity index (χ1v) is 6.13. The quantitative estimate of drug-likeness (QED) is 0.683. The molecule has 2 N–H and O–H groups in total. The van der Waals surface area contributed by atoms with E-state index in [0.29, 0.717) is 17.0 Å². The van der Waals surface area contributed by atoms with Crippen molar-refractivity contribution in [3.63, 3.8) is 0 Å². The number of carbonyl (C=O) groups is 1. The van der Waals surface area contributed by atoms with Gasteiger partial charge in [-0.1, -0.05) is 6.07 Å².